The summed E-state index contributed by atoms with van der Waals surface area (Å²) in [6.45, 7) is 0. The van der Waals surface area contributed by atoms with Crippen LogP contribution in [0.5, 0.6) is 0 Å². The van der Waals surface area contributed by atoms with Gasteiger partial charge in [-0.15, -0.1) is 23.4 Å². The Morgan fingerprint density at radius 2 is 2.47 bits per heavy atom. The van der Waals surface area contributed by atoms with Crippen molar-refractivity contribution in [1.82, 2.24) is 5.32 Å². The molecule has 3 rings (SSSR count). The van der Waals surface area contributed by atoms with E-state index in [1.165, 1.54) is 11.8 Å². The van der Waals surface area contributed by atoms with E-state index in [1.807, 2.05) is 5.41 Å². The molecule has 2 N–H and O–H groups in total. The van der Waals surface area contributed by atoms with Crippen LogP contribution in [0.4, 0.5) is 0 Å². The van der Waals surface area contributed by atoms with E-state index in [9.17, 15) is 9.90 Å². The van der Waals surface area contributed by atoms with Gasteiger partial charge >= 0.3 is 0 Å². The van der Waals surface area contributed by atoms with Crippen molar-refractivity contribution in [3.05, 3.63) is 23.1 Å². The molecule has 4 atom stereocenters. The third-order valence-electron chi connectivity index (χ3n) is 4.35. The summed E-state index contributed by atoms with van der Waals surface area (Å²) in [5.41, 5.74) is 1.15. The summed E-state index contributed by atoms with van der Waals surface area (Å²) in [5.74, 6) is 0.613. The third kappa shape index (κ3) is 1.96. The fourth-order valence-corrected chi connectivity index (χ4v) is 4.89. The Hall–Kier alpha value is -0.450. The van der Waals surface area contributed by atoms with E-state index in [2.05, 4.69) is 17.5 Å². The van der Waals surface area contributed by atoms with Gasteiger partial charge in [0.05, 0.1) is 12.1 Å². The predicted octanol–water partition coefficient (Wildman–Crippen LogP) is 2.20. The molecule has 0 spiro atoms. The predicted molar refractivity (Wildman–Crippen MR) is 78.2 cm³/mol. The monoisotopic (exact) mass is 299 g/mol. The van der Waals surface area contributed by atoms with E-state index in [0.29, 0.717) is 5.88 Å². The van der Waals surface area contributed by atoms with Crippen LogP contribution in [0.15, 0.2) is 23.1 Å². The first-order chi connectivity index (χ1) is 9.20. The number of β-lactam (4-membered cyclic amide) rings is 1. The van der Waals surface area contributed by atoms with Crippen LogP contribution < -0.4 is 5.32 Å². The molecular formula is C14H18ClNO2S. The molecule has 19 heavy (non-hydrogen) atoms. The molecule has 2 aliphatic heterocycles. The van der Waals surface area contributed by atoms with E-state index in [4.69, 9.17) is 11.6 Å². The van der Waals surface area contributed by atoms with Crippen molar-refractivity contribution in [3.63, 3.8) is 0 Å². The van der Waals surface area contributed by atoms with Crippen molar-refractivity contribution in [2.75, 3.05) is 5.88 Å². The number of hydrogen-bond donors (Lipinski definition) is 2. The lowest BCUT2D eigenvalue weighted by atomic mass is 9.73. The zero-order valence-electron chi connectivity index (χ0n) is 10.6. The fourth-order valence-electron chi connectivity index (χ4n) is 3.24. The maximum atomic E-state index is 12.1. The van der Waals surface area contributed by atoms with Gasteiger partial charge in [0.15, 0.2) is 0 Å². The number of rotatable bonds is 4. The molecule has 1 fully saturated rings. The van der Waals surface area contributed by atoms with Crippen molar-refractivity contribution in [2.45, 2.75) is 42.6 Å². The second kappa shape index (κ2) is 5.15. The van der Waals surface area contributed by atoms with Crippen LogP contribution in [-0.4, -0.2) is 33.8 Å². The number of amides is 1. The molecule has 0 aromatic carbocycles. The lowest BCUT2D eigenvalue weighted by molar-refractivity contribution is -0.137. The first-order valence-electron chi connectivity index (χ1n) is 6.78. The van der Waals surface area contributed by atoms with E-state index in [1.54, 1.807) is 0 Å². The Balaban J connectivity index is 1.80. The van der Waals surface area contributed by atoms with Crippen molar-refractivity contribution in [1.29, 1.82) is 0 Å². The van der Waals surface area contributed by atoms with Crippen molar-refractivity contribution in [3.8, 4) is 0 Å². The molecule has 104 valence electrons. The summed E-state index contributed by atoms with van der Waals surface area (Å²) >= 11 is 7.27. The molecule has 0 saturated carbocycles. The van der Waals surface area contributed by atoms with E-state index >= 15 is 0 Å². The minimum atomic E-state index is -0.701. The first-order valence-corrected chi connectivity index (χ1v) is 8.20. The highest BCUT2D eigenvalue weighted by Crippen LogP contribution is 2.52. The molecule has 1 saturated heterocycles. The Labute approximate surface area is 122 Å². The topological polar surface area (TPSA) is 49.3 Å². The lowest BCUT2D eigenvalue weighted by Crippen LogP contribution is -2.75. The highest BCUT2D eigenvalue weighted by atomic mass is 35.5. The highest BCUT2D eigenvalue weighted by molar-refractivity contribution is 8.04. The van der Waals surface area contributed by atoms with Gasteiger partial charge in [-0.1, -0.05) is 12.2 Å². The quantitative estimate of drug-likeness (QED) is 0.475. The van der Waals surface area contributed by atoms with E-state index in [0.717, 1.165) is 31.3 Å². The Kier molecular flexibility index (Phi) is 3.67. The molecule has 5 heteroatoms. The zero-order chi connectivity index (χ0) is 13.5. The number of nitrogens with one attached hydrogen (secondary N) is 1. The normalized spacial score (nSPS) is 38.2. The molecule has 2 heterocycles. The highest BCUT2D eigenvalue weighted by Gasteiger charge is 2.64. The van der Waals surface area contributed by atoms with Gasteiger partial charge in [-0.3, -0.25) is 4.79 Å². The van der Waals surface area contributed by atoms with E-state index < -0.39 is 10.9 Å². The second-order valence-corrected chi connectivity index (χ2v) is 6.94. The van der Waals surface area contributed by atoms with Crippen LogP contribution in [0, 0.1) is 5.92 Å². The molecule has 0 radical (unpaired) electrons. The molecule has 3 aliphatic rings. The second-order valence-electron chi connectivity index (χ2n) is 5.42. The maximum absolute atomic E-state index is 12.1. The molecule has 0 aromatic heterocycles. The average Bonchev–Trinajstić information content (AvgIpc) is 2.73. The molecule has 1 amide bonds. The molecule has 2 unspecified atom stereocenters. The summed E-state index contributed by atoms with van der Waals surface area (Å²) in [4.78, 5) is 12.1. The molecule has 3 nitrogen and oxygen atoms in total. The van der Waals surface area contributed by atoms with Gasteiger partial charge in [-0.25, -0.2) is 0 Å². The third-order valence-corrected chi connectivity index (χ3v) is 6.02. The number of carbonyl (C=O) groups is 1. The SMILES string of the molecule is O=C1NC2C(CCCl)=CS[C@@]12[C@@H](O)C1C=CCCC1. The Bertz CT molecular complexity index is 451. The number of aliphatic hydroxyl groups excluding tert-OH is 1. The standard InChI is InChI=1S/C14H18ClNO2S/c15-7-6-10-8-19-14(11(10)16-13(14)18)12(17)9-4-2-1-3-5-9/h2,4,8-9,11-12,17H,1,3,5-7H2,(H,16,18)/t9?,11?,12-,14-/m0/s1. The van der Waals surface area contributed by atoms with Crippen molar-refractivity contribution in [2.24, 2.45) is 5.92 Å². The van der Waals surface area contributed by atoms with Crippen molar-refractivity contribution < 1.29 is 9.90 Å². The van der Waals surface area contributed by atoms with Crippen LogP contribution in [0.3, 0.4) is 0 Å². The number of aliphatic hydroxyl groups is 1. The number of allylic oxidation sites excluding steroid dienone is 1. The van der Waals surface area contributed by atoms with Crippen LogP contribution in [0.2, 0.25) is 0 Å². The fraction of sp³-hybridized carbons (Fsp3) is 0.643. The van der Waals surface area contributed by atoms with E-state index in [-0.39, 0.29) is 17.9 Å². The number of fused-ring (bicyclic) bond motifs is 1. The van der Waals surface area contributed by atoms with Crippen LogP contribution in [0.1, 0.15) is 25.7 Å². The van der Waals surface area contributed by atoms with Crippen LogP contribution >= 0.6 is 23.4 Å². The largest absolute Gasteiger partial charge is 0.390 e. The minimum absolute atomic E-state index is 0.0326. The smallest absolute Gasteiger partial charge is 0.242 e. The van der Waals surface area contributed by atoms with Gasteiger partial charge in [0, 0.05) is 11.8 Å². The minimum Gasteiger partial charge on any atom is -0.390 e. The number of alkyl halides is 1. The van der Waals surface area contributed by atoms with Gasteiger partial charge in [-0.05, 0) is 36.7 Å². The number of halogens is 1. The zero-order valence-corrected chi connectivity index (χ0v) is 12.2. The first kappa shape index (κ1) is 13.5. The van der Waals surface area contributed by atoms with Crippen LogP contribution in [0.25, 0.3) is 0 Å². The van der Waals surface area contributed by atoms with Gasteiger partial charge in [0.1, 0.15) is 4.75 Å². The number of thioether (sulfide) groups is 1. The summed E-state index contributed by atoms with van der Waals surface area (Å²) < 4.78 is -0.701. The number of hydrogen-bond acceptors (Lipinski definition) is 3. The van der Waals surface area contributed by atoms with Gasteiger partial charge in [0.2, 0.25) is 5.91 Å². The van der Waals surface area contributed by atoms with Crippen molar-refractivity contribution >= 4 is 29.3 Å². The maximum Gasteiger partial charge on any atom is 0.242 e. The Morgan fingerprint density at radius 1 is 1.63 bits per heavy atom. The molecular weight excluding hydrogens is 282 g/mol. The molecule has 1 aliphatic carbocycles. The summed E-state index contributed by atoms with van der Waals surface area (Å²) in [7, 11) is 0. The summed E-state index contributed by atoms with van der Waals surface area (Å²) in [5, 5.41) is 15.7. The van der Waals surface area contributed by atoms with Gasteiger partial charge < -0.3 is 10.4 Å². The summed E-state index contributed by atoms with van der Waals surface area (Å²) in [6, 6.07) is -0.0333. The van der Waals surface area contributed by atoms with Crippen LogP contribution in [-0.2, 0) is 4.79 Å². The number of carbonyl (C=O) groups excluding carboxylic acids is 1. The van der Waals surface area contributed by atoms with Gasteiger partial charge in [-0.2, -0.15) is 0 Å². The van der Waals surface area contributed by atoms with Gasteiger partial charge in [0.25, 0.3) is 0 Å². The summed E-state index contributed by atoms with van der Waals surface area (Å²) in [6.07, 6.45) is 7.48. The Morgan fingerprint density at radius 3 is 3.11 bits per heavy atom. The average molecular weight is 300 g/mol. The molecule has 0 aromatic rings. The lowest BCUT2D eigenvalue weighted by Gasteiger charge is -2.49. The molecule has 0 bridgehead atoms.